The summed E-state index contributed by atoms with van der Waals surface area (Å²) in [5.41, 5.74) is 5.60. The second kappa shape index (κ2) is 3.81. The summed E-state index contributed by atoms with van der Waals surface area (Å²) < 4.78 is 25.5. The third-order valence-electron chi connectivity index (χ3n) is 1.84. The lowest BCUT2D eigenvalue weighted by Crippen LogP contribution is -2.24. The largest absolute Gasteiger partial charge is 0.391 e. The van der Waals surface area contributed by atoms with Crippen molar-refractivity contribution in [2.75, 3.05) is 0 Å². The number of benzene rings is 1. The fourth-order valence-electron chi connectivity index (χ4n) is 1.03. The van der Waals surface area contributed by atoms with E-state index in [1.54, 1.807) is 0 Å². The zero-order valence-corrected chi connectivity index (χ0v) is 7.17. The highest BCUT2D eigenvalue weighted by Gasteiger charge is 2.16. The molecule has 0 aromatic heterocycles. The number of halogens is 2. The van der Waals surface area contributed by atoms with Crippen molar-refractivity contribution in [1.82, 2.24) is 0 Å². The van der Waals surface area contributed by atoms with Crippen LogP contribution in [0.2, 0.25) is 0 Å². The number of aliphatic hydroxyl groups excluding tert-OH is 1. The van der Waals surface area contributed by atoms with Crippen molar-refractivity contribution < 1.29 is 13.9 Å². The summed E-state index contributed by atoms with van der Waals surface area (Å²) in [6, 6.07) is 2.28. The van der Waals surface area contributed by atoms with Crippen molar-refractivity contribution in [3.05, 3.63) is 35.4 Å². The van der Waals surface area contributed by atoms with Gasteiger partial charge < -0.3 is 10.8 Å². The van der Waals surface area contributed by atoms with Crippen LogP contribution in [0.5, 0.6) is 0 Å². The average Bonchev–Trinajstić information content (AvgIpc) is 2.03. The van der Waals surface area contributed by atoms with Gasteiger partial charge in [0.25, 0.3) is 0 Å². The minimum absolute atomic E-state index is 0.122. The highest BCUT2D eigenvalue weighted by atomic mass is 19.1. The molecule has 72 valence electrons. The molecule has 0 amide bonds. The molecule has 0 fully saturated rings. The predicted octanol–water partition coefficient (Wildman–Crippen LogP) is 1.35. The van der Waals surface area contributed by atoms with Crippen LogP contribution in [0.15, 0.2) is 18.2 Å². The van der Waals surface area contributed by atoms with Crippen molar-refractivity contribution in [2.45, 2.75) is 19.1 Å². The van der Waals surface area contributed by atoms with Gasteiger partial charge in [-0.05, 0) is 13.0 Å². The Morgan fingerprint density at radius 3 is 2.46 bits per heavy atom. The summed E-state index contributed by atoms with van der Waals surface area (Å²) in [4.78, 5) is 0. The molecule has 0 bridgehead atoms. The molecule has 0 aliphatic carbocycles. The monoisotopic (exact) mass is 187 g/mol. The van der Waals surface area contributed by atoms with Gasteiger partial charge in [-0.25, -0.2) is 8.78 Å². The van der Waals surface area contributed by atoms with Gasteiger partial charge in [-0.3, -0.25) is 0 Å². The smallest absolute Gasteiger partial charge is 0.130 e. The predicted molar refractivity (Wildman–Crippen MR) is 45.0 cm³/mol. The molecule has 13 heavy (non-hydrogen) atoms. The van der Waals surface area contributed by atoms with Crippen LogP contribution in [-0.4, -0.2) is 11.2 Å². The van der Waals surface area contributed by atoms with Crippen molar-refractivity contribution in [1.29, 1.82) is 0 Å². The van der Waals surface area contributed by atoms with Crippen LogP contribution in [-0.2, 0) is 0 Å². The maximum atomic E-state index is 13.0. The van der Waals surface area contributed by atoms with Gasteiger partial charge >= 0.3 is 0 Å². The molecule has 0 aliphatic rings. The molecule has 0 spiro atoms. The van der Waals surface area contributed by atoms with E-state index in [0.29, 0.717) is 0 Å². The van der Waals surface area contributed by atoms with Crippen LogP contribution in [0.4, 0.5) is 8.78 Å². The number of hydrogen-bond acceptors (Lipinski definition) is 2. The Kier molecular flexibility index (Phi) is 2.95. The normalized spacial score (nSPS) is 15.5. The number of aliphatic hydroxyl groups is 1. The van der Waals surface area contributed by atoms with Crippen molar-refractivity contribution >= 4 is 0 Å². The molecule has 1 aromatic carbocycles. The Morgan fingerprint density at radius 2 is 2.00 bits per heavy atom. The van der Waals surface area contributed by atoms with Crippen LogP contribution in [0.25, 0.3) is 0 Å². The lowest BCUT2D eigenvalue weighted by atomic mass is 10.0. The molecule has 1 aromatic rings. The number of hydrogen-bond donors (Lipinski definition) is 2. The first-order chi connectivity index (χ1) is 6.02. The molecule has 0 radical (unpaired) electrons. The average molecular weight is 187 g/mol. The zero-order chi connectivity index (χ0) is 10.0. The highest BCUT2D eigenvalue weighted by molar-refractivity contribution is 5.22. The summed E-state index contributed by atoms with van der Waals surface area (Å²) in [5.74, 6) is -1.38. The third kappa shape index (κ3) is 2.23. The summed E-state index contributed by atoms with van der Waals surface area (Å²) in [6.45, 7) is 1.45. The number of nitrogens with two attached hydrogens (primary N) is 1. The van der Waals surface area contributed by atoms with Crippen LogP contribution in [0.1, 0.15) is 18.5 Å². The Balaban J connectivity index is 3.01. The van der Waals surface area contributed by atoms with Crippen LogP contribution >= 0.6 is 0 Å². The third-order valence-corrected chi connectivity index (χ3v) is 1.84. The fraction of sp³-hybridized carbons (Fsp3) is 0.333. The lowest BCUT2D eigenvalue weighted by molar-refractivity contribution is 0.162. The Hall–Kier alpha value is -1.00. The Morgan fingerprint density at radius 1 is 1.38 bits per heavy atom. The first kappa shape index (κ1) is 10.1. The van der Waals surface area contributed by atoms with E-state index in [1.807, 2.05) is 0 Å². The van der Waals surface area contributed by atoms with Gasteiger partial charge in [0.1, 0.15) is 11.6 Å². The minimum atomic E-state index is -0.861. The van der Waals surface area contributed by atoms with E-state index in [4.69, 9.17) is 10.8 Å². The molecule has 0 saturated carbocycles. The molecule has 2 nitrogen and oxygen atoms in total. The van der Waals surface area contributed by atoms with Crippen LogP contribution in [0.3, 0.4) is 0 Å². The fourth-order valence-corrected chi connectivity index (χ4v) is 1.03. The van der Waals surface area contributed by atoms with Gasteiger partial charge in [0.15, 0.2) is 0 Å². The van der Waals surface area contributed by atoms with Crippen molar-refractivity contribution in [3.8, 4) is 0 Å². The van der Waals surface area contributed by atoms with E-state index >= 15 is 0 Å². The highest BCUT2D eigenvalue weighted by Crippen LogP contribution is 2.18. The first-order valence-electron chi connectivity index (χ1n) is 3.91. The van der Waals surface area contributed by atoms with Gasteiger partial charge in [-0.15, -0.1) is 0 Å². The standard InChI is InChI=1S/C9H11F2NO/c1-5(13)9(12)7-3-2-6(10)4-8(7)11/h2-5,9,13H,12H2,1H3/t5?,9-/m1/s1. The van der Waals surface area contributed by atoms with Gasteiger partial charge in [0.2, 0.25) is 0 Å². The molecule has 0 heterocycles. The van der Waals surface area contributed by atoms with E-state index in [0.717, 1.165) is 12.1 Å². The molecule has 3 N–H and O–H groups in total. The Bertz CT molecular complexity index is 302. The maximum absolute atomic E-state index is 13.0. The van der Waals surface area contributed by atoms with Crippen molar-refractivity contribution in [2.24, 2.45) is 5.73 Å². The molecule has 0 aliphatic heterocycles. The van der Waals surface area contributed by atoms with E-state index in [-0.39, 0.29) is 5.56 Å². The van der Waals surface area contributed by atoms with Crippen LogP contribution in [0, 0.1) is 11.6 Å². The number of rotatable bonds is 2. The van der Waals surface area contributed by atoms with E-state index in [1.165, 1.54) is 13.0 Å². The van der Waals surface area contributed by atoms with Gasteiger partial charge in [0.05, 0.1) is 12.1 Å². The zero-order valence-electron chi connectivity index (χ0n) is 7.17. The lowest BCUT2D eigenvalue weighted by Gasteiger charge is -2.15. The second-order valence-corrected chi connectivity index (χ2v) is 2.93. The van der Waals surface area contributed by atoms with E-state index in [2.05, 4.69) is 0 Å². The summed E-state index contributed by atoms with van der Waals surface area (Å²) >= 11 is 0. The van der Waals surface area contributed by atoms with Gasteiger partial charge in [-0.1, -0.05) is 6.07 Å². The van der Waals surface area contributed by atoms with Gasteiger partial charge in [0, 0.05) is 11.6 Å². The quantitative estimate of drug-likeness (QED) is 0.734. The summed E-state index contributed by atoms with van der Waals surface area (Å²) in [6.07, 6.45) is -0.861. The van der Waals surface area contributed by atoms with Crippen LogP contribution < -0.4 is 5.73 Å². The topological polar surface area (TPSA) is 46.2 Å². The van der Waals surface area contributed by atoms with E-state index < -0.39 is 23.8 Å². The molecule has 2 atom stereocenters. The second-order valence-electron chi connectivity index (χ2n) is 2.93. The Labute approximate surface area is 75.0 Å². The molecule has 1 rings (SSSR count). The molecular formula is C9H11F2NO. The maximum Gasteiger partial charge on any atom is 0.130 e. The molecular weight excluding hydrogens is 176 g/mol. The SMILES string of the molecule is CC(O)[C@@H](N)c1ccc(F)cc1F. The first-order valence-corrected chi connectivity index (χ1v) is 3.91. The summed E-state index contributed by atoms with van der Waals surface area (Å²) in [5, 5.41) is 9.08. The van der Waals surface area contributed by atoms with E-state index in [9.17, 15) is 8.78 Å². The molecule has 0 saturated heterocycles. The minimum Gasteiger partial charge on any atom is -0.391 e. The van der Waals surface area contributed by atoms with Gasteiger partial charge in [-0.2, -0.15) is 0 Å². The molecule has 1 unspecified atom stereocenters. The van der Waals surface area contributed by atoms with Crippen molar-refractivity contribution in [3.63, 3.8) is 0 Å². The molecule has 4 heteroatoms. The summed E-state index contributed by atoms with van der Waals surface area (Å²) in [7, 11) is 0.